The SMILES string of the molecule is CCN(C(=O)c1ccc(N(C)C)c(N)c1)C(C)COC. The Hall–Kier alpha value is -1.75. The second-order valence-corrected chi connectivity index (χ2v) is 5.06. The lowest BCUT2D eigenvalue weighted by atomic mass is 10.1. The highest BCUT2D eigenvalue weighted by molar-refractivity contribution is 5.96. The van der Waals surface area contributed by atoms with Gasteiger partial charge in [-0.25, -0.2) is 0 Å². The van der Waals surface area contributed by atoms with E-state index in [1.165, 1.54) is 0 Å². The van der Waals surface area contributed by atoms with Crippen LogP contribution in [0.3, 0.4) is 0 Å². The Labute approximate surface area is 121 Å². The minimum Gasteiger partial charge on any atom is -0.397 e. The van der Waals surface area contributed by atoms with E-state index in [9.17, 15) is 4.79 Å². The maximum absolute atomic E-state index is 12.5. The molecule has 0 aliphatic carbocycles. The molecule has 5 heteroatoms. The second kappa shape index (κ2) is 7.14. The molecule has 1 unspecified atom stereocenters. The van der Waals surface area contributed by atoms with E-state index >= 15 is 0 Å². The second-order valence-electron chi connectivity index (χ2n) is 5.06. The Bertz CT molecular complexity index is 460. The molecule has 0 heterocycles. The summed E-state index contributed by atoms with van der Waals surface area (Å²) in [4.78, 5) is 16.2. The van der Waals surface area contributed by atoms with Crippen LogP contribution >= 0.6 is 0 Å². The predicted molar refractivity (Wildman–Crippen MR) is 83.2 cm³/mol. The van der Waals surface area contributed by atoms with Crippen LogP contribution in [0.2, 0.25) is 0 Å². The van der Waals surface area contributed by atoms with Gasteiger partial charge in [0.2, 0.25) is 0 Å². The standard InChI is InChI=1S/C15H25N3O2/c1-6-18(11(2)10-20-5)15(19)12-7-8-14(17(3)4)13(16)9-12/h7-9,11H,6,10,16H2,1-5H3. The molecule has 1 atom stereocenters. The normalized spacial score (nSPS) is 12.1. The monoisotopic (exact) mass is 279 g/mol. The van der Waals surface area contributed by atoms with Gasteiger partial charge in [-0.2, -0.15) is 0 Å². The van der Waals surface area contributed by atoms with Crippen molar-refractivity contribution < 1.29 is 9.53 Å². The third-order valence-corrected chi connectivity index (χ3v) is 3.30. The molecule has 20 heavy (non-hydrogen) atoms. The number of amides is 1. The van der Waals surface area contributed by atoms with Crippen molar-refractivity contribution in [2.24, 2.45) is 0 Å². The Kier molecular flexibility index (Phi) is 5.82. The van der Waals surface area contributed by atoms with Gasteiger partial charge in [0.15, 0.2) is 0 Å². The van der Waals surface area contributed by atoms with Gasteiger partial charge in [0.25, 0.3) is 5.91 Å². The van der Waals surface area contributed by atoms with Crippen LogP contribution in [0.4, 0.5) is 11.4 Å². The van der Waals surface area contributed by atoms with Gasteiger partial charge in [-0.1, -0.05) is 0 Å². The fourth-order valence-electron chi connectivity index (χ4n) is 2.25. The number of nitrogens with zero attached hydrogens (tertiary/aromatic N) is 2. The minimum atomic E-state index is -0.0194. The summed E-state index contributed by atoms with van der Waals surface area (Å²) in [6, 6.07) is 5.46. The van der Waals surface area contributed by atoms with Crippen molar-refractivity contribution in [3.05, 3.63) is 23.8 Å². The van der Waals surface area contributed by atoms with Gasteiger partial charge >= 0.3 is 0 Å². The van der Waals surface area contributed by atoms with E-state index in [1.54, 1.807) is 18.1 Å². The first kappa shape index (κ1) is 16.3. The zero-order chi connectivity index (χ0) is 15.3. The van der Waals surface area contributed by atoms with Crippen molar-refractivity contribution in [2.45, 2.75) is 19.9 Å². The molecular weight excluding hydrogens is 254 g/mol. The summed E-state index contributed by atoms with van der Waals surface area (Å²) < 4.78 is 5.12. The van der Waals surface area contributed by atoms with Gasteiger partial charge < -0.3 is 20.3 Å². The Morgan fingerprint density at radius 2 is 2.05 bits per heavy atom. The van der Waals surface area contributed by atoms with E-state index < -0.39 is 0 Å². The van der Waals surface area contributed by atoms with Crippen molar-refractivity contribution in [3.8, 4) is 0 Å². The van der Waals surface area contributed by atoms with Crippen molar-refractivity contribution in [1.29, 1.82) is 0 Å². The highest BCUT2D eigenvalue weighted by Crippen LogP contribution is 2.23. The third kappa shape index (κ3) is 3.63. The first-order valence-corrected chi connectivity index (χ1v) is 6.79. The summed E-state index contributed by atoms with van der Waals surface area (Å²) >= 11 is 0. The molecule has 0 spiro atoms. The van der Waals surface area contributed by atoms with E-state index in [0.717, 1.165) is 5.69 Å². The number of ether oxygens (including phenoxy) is 1. The Morgan fingerprint density at radius 1 is 1.40 bits per heavy atom. The van der Waals surface area contributed by atoms with Crippen LogP contribution in [0.5, 0.6) is 0 Å². The molecule has 1 aromatic carbocycles. The van der Waals surface area contributed by atoms with Gasteiger partial charge in [-0.15, -0.1) is 0 Å². The molecule has 0 aromatic heterocycles. The number of carbonyl (C=O) groups is 1. The summed E-state index contributed by atoms with van der Waals surface area (Å²) in [6.45, 7) is 5.09. The topological polar surface area (TPSA) is 58.8 Å². The summed E-state index contributed by atoms with van der Waals surface area (Å²) in [5.74, 6) is -0.0194. The maximum Gasteiger partial charge on any atom is 0.254 e. The summed E-state index contributed by atoms with van der Waals surface area (Å²) in [5, 5.41) is 0. The van der Waals surface area contributed by atoms with E-state index in [4.69, 9.17) is 10.5 Å². The lowest BCUT2D eigenvalue weighted by Crippen LogP contribution is -2.40. The molecule has 2 N–H and O–H groups in total. The van der Waals surface area contributed by atoms with Crippen molar-refractivity contribution in [1.82, 2.24) is 4.90 Å². The number of benzene rings is 1. The summed E-state index contributed by atoms with van der Waals surface area (Å²) in [7, 11) is 5.48. The summed E-state index contributed by atoms with van der Waals surface area (Å²) in [5.41, 5.74) is 8.13. The van der Waals surface area contributed by atoms with Gasteiger partial charge in [-0.05, 0) is 32.0 Å². The molecule has 0 saturated heterocycles. The van der Waals surface area contributed by atoms with Gasteiger partial charge in [-0.3, -0.25) is 4.79 Å². The molecule has 0 radical (unpaired) electrons. The minimum absolute atomic E-state index is 0.0194. The lowest BCUT2D eigenvalue weighted by molar-refractivity contribution is 0.0579. The van der Waals surface area contributed by atoms with Crippen LogP contribution in [0.1, 0.15) is 24.2 Å². The van der Waals surface area contributed by atoms with E-state index in [1.807, 2.05) is 45.0 Å². The molecule has 0 aliphatic heterocycles. The number of methoxy groups -OCH3 is 1. The number of rotatable bonds is 6. The van der Waals surface area contributed by atoms with Gasteiger partial charge in [0.05, 0.1) is 24.0 Å². The number of anilines is 2. The molecule has 0 bridgehead atoms. The highest BCUT2D eigenvalue weighted by atomic mass is 16.5. The molecule has 0 aliphatic rings. The third-order valence-electron chi connectivity index (χ3n) is 3.30. The smallest absolute Gasteiger partial charge is 0.254 e. The fourth-order valence-corrected chi connectivity index (χ4v) is 2.25. The number of nitrogen functional groups attached to an aromatic ring is 1. The van der Waals surface area contributed by atoms with Crippen LogP contribution in [0.15, 0.2) is 18.2 Å². The first-order chi connectivity index (χ1) is 9.42. The first-order valence-electron chi connectivity index (χ1n) is 6.79. The van der Waals surface area contributed by atoms with Crippen LogP contribution in [0, 0.1) is 0 Å². The quantitative estimate of drug-likeness (QED) is 0.807. The van der Waals surface area contributed by atoms with Crippen LogP contribution in [-0.4, -0.2) is 51.2 Å². The number of hydrogen-bond acceptors (Lipinski definition) is 4. The molecule has 5 nitrogen and oxygen atoms in total. The zero-order valence-electron chi connectivity index (χ0n) is 13.0. The van der Waals surface area contributed by atoms with Crippen molar-refractivity contribution in [3.63, 3.8) is 0 Å². The lowest BCUT2D eigenvalue weighted by Gasteiger charge is -2.28. The summed E-state index contributed by atoms with van der Waals surface area (Å²) in [6.07, 6.45) is 0. The van der Waals surface area contributed by atoms with Gasteiger partial charge in [0, 0.05) is 33.3 Å². The number of carbonyl (C=O) groups excluding carboxylic acids is 1. The number of nitrogens with two attached hydrogens (primary N) is 1. The van der Waals surface area contributed by atoms with Crippen LogP contribution < -0.4 is 10.6 Å². The average molecular weight is 279 g/mol. The number of likely N-dealkylation sites (N-methyl/N-ethyl adjacent to an activating group) is 1. The maximum atomic E-state index is 12.5. The van der Waals surface area contributed by atoms with E-state index in [-0.39, 0.29) is 11.9 Å². The Morgan fingerprint density at radius 3 is 2.50 bits per heavy atom. The highest BCUT2D eigenvalue weighted by Gasteiger charge is 2.20. The number of hydrogen-bond donors (Lipinski definition) is 1. The van der Waals surface area contributed by atoms with Crippen molar-refractivity contribution in [2.75, 3.05) is 45.0 Å². The van der Waals surface area contributed by atoms with Gasteiger partial charge in [0.1, 0.15) is 0 Å². The molecule has 1 aromatic rings. The fraction of sp³-hybridized carbons (Fsp3) is 0.533. The molecule has 0 fully saturated rings. The molecule has 1 amide bonds. The Balaban J connectivity index is 2.98. The molecular formula is C15H25N3O2. The predicted octanol–water partition coefficient (Wildman–Crippen LogP) is 1.83. The molecule has 1 rings (SSSR count). The largest absolute Gasteiger partial charge is 0.397 e. The molecule has 0 saturated carbocycles. The molecule has 112 valence electrons. The van der Waals surface area contributed by atoms with Crippen LogP contribution in [-0.2, 0) is 4.74 Å². The van der Waals surface area contributed by atoms with Crippen LogP contribution in [0.25, 0.3) is 0 Å². The average Bonchev–Trinajstić information content (AvgIpc) is 2.39. The van der Waals surface area contributed by atoms with E-state index in [2.05, 4.69) is 0 Å². The van der Waals surface area contributed by atoms with Crippen molar-refractivity contribution >= 4 is 17.3 Å². The van der Waals surface area contributed by atoms with E-state index in [0.29, 0.717) is 24.4 Å². The zero-order valence-corrected chi connectivity index (χ0v) is 13.0.